The number of halogens is 2. The molecular formula is C21H19F2N3O3S. The van der Waals surface area contributed by atoms with E-state index in [0.717, 1.165) is 29.8 Å². The summed E-state index contributed by atoms with van der Waals surface area (Å²) < 4.78 is 52.3. The molecule has 0 bridgehead atoms. The molecule has 0 fully saturated rings. The molecule has 0 radical (unpaired) electrons. The molecule has 1 aromatic heterocycles. The number of hydrogen-bond acceptors (Lipinski definition) is 4. The van der Waals surface area contributed by atoms with Gasteiger partial charge in [-0.05, 0) is 55.7 Å². The summed E-state index contributed by atoms with van der Waals surface area (Å²) in [5, 5.41) is 7.08. The molecule has 156 valence electrons. The predicted octanol–water partition coefficient (Wildman–Crippen LogP) is 3.69. The van der Waals surface area contributed by atoms with E-state index in [1.165, 1.54) is 35.0 Å². The van der Waals surface area contributed by atoms with E-state index in [2.05, 4.69) is 10.4 Å². The second-order valence-electron chi connectivity index (χ2n) is 7.02. The summed E-state index contributed by atoms with van der Waals surface area (Å²) >= 11 is 0. The number of hydrogen-bond donors (Lipinski definition) is 1. The Morgan fingerprint density at radius 1 is 1.10 bits per heavy atom. The second kappa shape index (κ2) is 7.64. The number of rotatable bonds is 5. The second-order valence-corrected chi connectivity index (χ2v) is 9.30. The van der Waals surface area contributed by atoms with Crippen LogP contribution in [0.1, 0.15) is 35.1 Å². The molecule has 1 aliphatic rings. The van der Waals surface area contributed by atoms with Crippen molar-refractivity contribution in [1.82, 2.24) is 9.78 Å². The van der Waals surface area contributed by atoms with Gasteiger partial charge in [0.05, 0.1) is 16.3 Å². The molecule has 1 aliphatic carbocycles. The maximum Gasteiger partial charge on any atom is 0.276 e. The summed E-state index contributed by atoms with van der Waals surface area (Å²) in [7, 11) is -3.32. The zero-order valence-corrected chi connectivity index (χ0v) is 17.0. The maximum absolute atomic E-state index is 13.7. The summed E-state index contributed by atoms with van der Waals surface area (Å²) in [4.78, 5) is 13.0. The summed E-state index contributed by atoms with van der Waals surface area (Å²) in [6.07, 6.45) is 2.17. The third-order valence-corrected chi connectivity index (χ3v) is 6.89. The average Bonchev–Trinajstić information content (AvgIpc) is 3.33. The number of benzene rings is 2. The molecule has 0 atom stereocenters. The number of sulfone groups is 1. The van der Waals surface area contributed by atoms with Crippen LogP contribution in [0.5, 0.6) is 0 Å². The Balaban J connectivity index is 1.63. The van der Waals surface area contributed by atoms with E-state index in [9.17, 15) is 22.0 Å². The smallest absolute Gasteiger partial charge is 0.276 e. The van der Waals surface area contributed by atoms with E-state index < -0.39 is 27.4 Å². The number of anilines is 1. The molecule has 0 saturated carbocycles. The lowest BCUT2D eigenvalue weighted by atomic mass is 10.2. The summed E-state index contributed by atoms with van der Waals surface area (Å²) in [6, 6.07) is 9.42. The zero-order chi connectivity index (χ0) is 21.5. The van der Waals surface area contributed by atoms with Crippen LogP contribution < -0.4 is 5.32 Å². The molecule has 1 N–H and O–H groups in total. The Morgan fingerprint density at radius 3 is 2.50 bits per heavy atom. The van der Waals surface area contributed by atoms with Crippen LogP contribution in [0.25, 0.3) is 5.69 Å². The predicted molar refractivity (Wildman–Crippen MR) is 108 cm³/mol. The SMILES string of the molecule is CCS(=O)(=O)c1ccc(NC(=O)c2nn(-c3ccc(F)c(F)c3)c3c2CCC3)cc1. The van der Waals surface area contributed by atoms with E-state index in [4.69, 9.17) is 0 Å². The molecule has 2 aromatic carbocycles. The number of carbonyl (C=O) groups is 1. The molecule has 1 heterocycles. The van der Waals surface area contributed by atoms with Crippen molar-refractivity contribution in [2.45, 2.75) is 31.1 Å². The van der Waals surface area contributed by atoms with Crippen LogP contribution in [0.2, 0.25) is 0 Å². The minimum absolute atomic E-state index is 0.00768. The fourth-order valence-corrected chi connectivity index (χ4v) is 4.44. The van der Waals surface area contributed by atoms with Gasteiger partial charge in [0.15, 0.2) is 27.2 Å². The Morgan fingerprint density at radius 2 is 1.83 bits per heavy atom. The third kappa shape index (κ3) is 3.60. The van der Waals surface area contributed by atoms with Gasteiger partial charge < -0.3 is 5.32 Å². The molecule has 0 spiro atoms. The van der Waals surface area contributed by atoms with Crippen LogP contribution >= 0.6 is 0 Å². The Kier molecular flexibility index (Phi) is 5.15. The van der Waals surface area contributed by atoms with Crippen LogP contribution in [0.15, 0.2) is 47.4 Å². The average molecular weight is 431 g/mol. The highest BCUT2D eigenvalue weighted by Crippen LogP contribution is 2.29. The molecule has 30 heavy (non-hydrogen) atoms. The zero-order valence-electron chi connectivity index (χ0n) is 16.2. The first-order valence-electron chi connectivity index (χ1n) is 9.50. The lowest BCUT2D eigenvalue weighted by molar-refractivity contribution is 0.102. The maximum atomic E-state index is 13.7. The fourth-order valence-electron chi connectivity index (χ4n) is 3.55. The Bertz CT molecular complexity index is 1240. The molecule has 1 amide bonds. The fraction of sp³-hybridized carbons (Fsp3) is 0.238. The highest BCUT2D eigenvalue weighted by Gasteiger charge is 2.27. The number of amides is 1. The Hall–Kier alpha value is -3.07. The van der Waals surface area contributed by atoms with E-state index >= 15 is 0 Å². The lowest BCUT2D eigenvalue weighted by Gasteiger charge is -2.07. The first-order valence-corrected chi connectivity index (χ1v) is 11.2. The number of aromatic nitrogens is 2. The van der Waals surface area contributed by atoms with Gasteiger partial charge in [0.2, 0.25) is 0 Å². The van der Waals surface area contributed by atoms with Gasteiger partial charge in [0, 0.05) is 23.0 Å². The standard InChI is InChI=1S/C21H19F2N3O3S/c1-2-30(28,29)15-9-6-13(7-10-15)24-21(27)20-16-4-3-5-19(16)26(25-20)14-8-11-17(22)18(23)12-14/h6-12H,2-5H2,1H3,(H,24,27). The van der Waals surface area contributed by atoms with E-state index in [1.807, 2.05) is 0 Å². The molecule has 3 aromatic rings. The lowest BCUT2D eigenvalue weighted by Crippen LogP contribution is -2.15. The van der Waals surface area contributed by atoms with Gasteiger partial charge in [-0.1, -0.05) is 6.92 Å². The third-order valence-electron chi connectivity index (χ3n) is 5.14. The van der Waals surface area contributed by atoms with Gasteiger partial charge in [-0.25, -0.2) is 21.9 Å². The van der Waals surface area contributed by atoms with Crippen molar-refractivity contribution in [3.63, 3.8) is 0 Å². The largest absolute Gasteiger partial charge is 0.321 e. The van der Waals surface area contributed by atoms with Gasteiger partial charge in [-0.2, -0.15) is 5.10 Å². The van der Waals surface area contributed by atoms with Crippen molar-refractivity contribution in [3.05, 3.63) is 71.1 Å². The molecule has 0 saturated heterocycles. The van der Waals surface area contributed by atoms with Gasteiger partial charge in [0.1, 0.15) is 0 Å². The molecule has 0 unspecified atom stereocenters. The van der Waals surface area contributed by atoms with Crippen molar-refractivity contribution in [2.24, 2.45) is 0 Å². The van der Waals surface area contributed by atoms with Crippen molar-refractivity contribution < 1.29 is 22.0 Å². The molecule has 9 heteroatoms. The summed E-state index contributed by atoms with van der Waals surface area (Å²) in [6.45, 7) is 1.56. The quantitative estimate of drug-likeness (QED) is 0.668. The molecular weight excluding hydrogens is 412 g/mol. The number of fused-ring (bicyclic) bond motifs is 1. The summed E-state index contributed by atoms with van der Waals surface area (Å²) in [5.41, 5.74) is 2.58. The van der Waals surface area contributed by atoms with Crippen LogP contribution in [0.3, 0.4) is 0 Å². The van der Waals surface area contributed by atoms with Gasteiger partial charge >= 0.3 is 0 Å². The van der Waals surface area contributed by atoms with Gasteiger partial charge in [-0.15, -0.1) is 0 Å². The number of nitrogens with zero attached hydrogens (tertiary/aromatic N) is 2. The van der Waals surface area contributed by atoms with Crippen LogP contribution in [0.4, 0.5) is 14.5 Å². The van der Waals surface area contributed by atoms with Crippen molar-refractivity contribution in [3.8, 4) is 5.69 Å². The number of carbonyl (C=O) groups excluding carboxylic acids is 1. The van der Waals surface area contributed by atoms with Crippen molar-refractivity contribution in [2.75, 3.05) is 11.1 Å². The highest BCUT2D eigenvalue weighted by atomic mass is 32.2. The first-order chi connectivity index (χ1) is 14.3. The first kappa shape index (κ1) is 20.2. The van der Waals surface area contributed by atoms with E-state index in [-0.39, 0.29) is 16.3 Å². The Labute approximate surface area is 172 Å². The van der Waals surface area contributed by atoms with Crippen LogP contribution in [-0.2, 0) is 22.7 Å². The highest BCUT2D eigenvalue weighted by molar-refractivity contribution is 7.91. The normalized spacial score (nSPS) is 13.3. The van der Waals surface area contributed by atoms with Crippen LogP contribution in [0, 0.1) is 11.6 Å². The molecule has 0 aliphatic heterocycles. The van der Waals surface area contributed by atoms with Crippen LogP contribution in [-0.4, -0.2) is 29.9 Å². The minimum Gasteiger partial charge on any atom is -0.321 e. The van der Waals surface area contributed by atoms with Gasteiger partial charge in [-0.3, -0.25) is 4.79 Å². The van der Waals surface area contributed by atoms with Crippen molar-refractivity contribution >= 4 is 21.4 Å². The van der Waals surface area contributed by atoms with Crippen molar-refractivity contribution in [1.29, 1.82) is 0 Å². The summed E-state index contributed by atoms with van der Waals surface area (Å²) in [5.74, 6) is -2.38. The molecule has 4 rings (SSSR count). The minimum atomic E-state index is -3.32. The topological polar surface area (TPSA) is 81.1 Å². The number of nitrogens with one attached hydrogen (secondary N) is 1. The monoisotopic (exact) mass is 431 g/mol. The van der Waals surface area contributed by atoms with E-state index in [0.29, 0.717) is 24.2 Å². The van der Waals surface area contributed by atoms with Gasteiger partial charge in [0.25, 0.3) is 5.91 Å². The van der Waals surface area contributed by atoms with E-state index in [1.54, 1.807) is 6.92 Å². The molecule has 6 nitrogen and oxygen atoms in total.